The molecule has 0 radical (unpaired) electrons. The third-order valence-corrected chi connectivity index (χ3v) is 2.23. The van der Waals surface area contributed by atoms with Crippen molar-refractivity contribution in [3.63, 3.8) is 0 Å². The summed E-state index contributed by atoms with van der Waals surface area (Å²) >= 11 is 0. The number of carbonyl (C=O) groups excluding carboxylic acids is 1. The first kappa shape index (κ1) is 11.5. The predicted octanol–water partition coefficient (Wildman–Crippen LogP) is 1.24. The third-order valence-electron chi connectivity index (χ3n) is 2.23. The van der Waals surface area contributed by atoms with Crippen molar-refractivity contribution >= 4 is 11.6 Å². The normalized spacial score (nSPS) is 9.87. The molecule has 0 fully saturated rings. The first-order valence-electron chi connectivity index (χ1n) is 4.64. The molecule has 0 saturated heterocycles. The zero-order valence-electron chi connectivity index (χ0n) is 9.13. The van der Waals surface area contributed by atoms with Crippen LogP contribution in [0.3, 0.4) is 0 Å². The van der Waals surface area contributed by atoms with Gasteiger partial charge in [-0.05, 0) is 37.1 Å². The topological polar surface area (TPSA) is 58.6 Å². The first-order valence-corrected chi connectivity index (χ1v) is 4.64. The minimum Gasteiger partial charge on any atom is -0.495 e. The van der Waals surface area contributed by atoms with E-state index in [-0.39, 0.29) is 0 Å². The van der Waals surface area contributed by atoms with Crippen LogP contribution in [0.4, 0.5) is 5.69 Å². The Kier molecular flexibility index (Phi) is 3.68. The van der Waals surface area contributed by atoms with E-state index in [4.69, 9.17) is 9.84 Å². The second kappa shape index (κ2) is 4.79. The van der Waals surface area contributed by atoms with E-state index in [2.05, 4.69) is 5.32 Å². The summed E-state index contributed by atoms with van der Waals surface area (Å²) in [5, 5.41) is 11.2. The lowest BCUT2D eigenvalue weighted by atomic mass is 10.1. The molecule has 0 aliphatic heterocycles. The van der Waals surface area contributed by atoms with E-state index in [1.165, 1.54) is 0 Å². The molecule has 4 nitrogen and oxygen atoms in total. The second-order valence-electron chi connectivity index (χ2n) is 3.34. The van der Waals surface area contributed by atoms with Gasteiger partial charge in [-0.25, -0.2) is 0 Å². The Morgan fingerprint density at radius 2 is 2.00 bits per heavy atom. The molecular formula is C11H15NO3. The lowest BCUT2D eigenvalue weighted by molar-refractivity contribution is -0.118. The summed E-state index contributed by atoms with van der Waals surface area (Å²) in [7, 11) is 1.54. The zero-order valence-corrected chi connectivity index (χ0v) is 9.13. The van der Waals surface area contributed by atoms with Gasteiger partial charge in [-0.15, -0.1) is 0 Å². The number of aliphatic hydroxyl groups excluding tert-OH is 1. The number of hydrogen-bond donors (Lipinski definition) is 2. The smallest absolute Gasteiger partial charge is 0.250 e. The number of rotatable bonds is 3. The molecule has 1 amide bonds. The van der Waals surface area contributed by atoms with Crippen LogP contribution in [0.25, 0.3) is 0 Å². The minimum absolute atomic E-state index is 0.448. The predicted molar refractivity (Wildman–Crippen MR) is 58.2 cm³/mol. The summed E-state index contributed by atoms with van der Waals surface area (Å²) in [4.78, 5) is 11.0. The maximum Gasteiger partial charge on any atom is 0.250 e. The number of ether oxygens (including phenoxy) is 1. The van der Waals surface area contributed by atoms with Crippen molar-refractivity contribution in [1.82, 2.24) is 0 Å². The molecule has 15 heavy (non-hydrogen) atoms. The molecule has 0 bridgehead atoms. The summed E-state index contributed by atoms with van der Waals surface area (Å²) in [5.74, 6) is 0.149. The molecule has 0 unspecified atom stereocenters. The fraction of sp³-hybridized carbons (Fsp3) is 0.364. The Morgan fingerprint density at radius 3 is 2.53 bits per heavy atom. The Hall–Kier alpha value is -1.55. The molecule has 0 heterocycles. The number of aryl methyl sites for hydroxylation is 2. The highest BCUT2D eigenvalue weighted by Gasteiger charge is 2.08. The van der Waals surface area contributed by atoms with Crippen molar-refractivity contribution in [3.8, 4) is 5.75 Å². The maximum absolute atomic E-state index is 11.0. The molecule has 0 spiro atoms. The van der Waals surface area contributed by atoms with E-state index in [0.29, 0.717) is 11.4 Å². The standard InChI is InChI=1S/C11H15NO3/c1-7-4-9(12-11(14)6-13)10(15-3)5-8(7)2/h4-5,13H,6H2,1-3H3,(H,12,14). The molecule has 0 saturated carbocycles. The Morgan fingerprint density at radius 1 is 1.40 bits per heavy atom. The average molecular weight is 209 g/mol. The second-order valence-corrected chi connectivity index (χ2v) is 3.34. The van der Waals surface area contributed by atoms with Crippen LogP contribution < -0.4 is 10.1 Å². The largest absolute Gasteiger partial charge is 0.495 e. The molecule has 1 aromatic carbocycles. The number of nitrogens with one attached hydrogen (secondary N) is 1. The van der Waals surface area contributed by atoms with Crippen molar-refractivity contribution in [2.75, 3.05) is 19.0 Å². The molecular weight excluding hydrogens is 194 g/mol. The highest BCUT2D eigenvalue weighted by atomic mass is 16.5. The summed E-state index contributed by atoms with van der Waals surface area (Å²) in [5.41, 5.74) is 2.73. The fourth-order valence-electron chi connectivity index (χ4n) is 1.25. The third kappa shape index (κ3) is 2.70. The van der Waals surface area contributed by atoms with Gasteiger partial charge in [0.1, 0.15) is 12.4 Å². The van der Waals surface area contributed by atoms with Crippen molar-refractivity contribution in [3.05, 3.63) is 23.3 Å². The van der Waals surface area contributed by atoms with Crippen LogP contribution >= 0.6 is 0 Å². The Labute approximate surface area is 88.9 Å². The SMILES string of the molecule is COc1cc(C)c(C)cc1NC(=O)CO. The molecule has 1 rings (SSSR count). The highest BCUT2D eigenvalue weighted by Crippen LogP contribution is 2.27. The fourth-order valence-corrected chi connectivity index (χ4v) is 1.25. The van der Waals surface area contributed by atoms with Crippen molar-refractivity contribution in [1.29, 1.82) is 0 Å². The number of anilines is 1. The summed E-state index contributed by atoms with van der Waals surface area (Å²) < 4.78 is 5.13. The zero-order chi connectivity index (χ0) is 11.4. The number of amides is 1. The van der Waals surface area contributed by atoms with Gasteiger partial charge in [-0.3, -0.25) is 4.79 Å². The first-order chi connectivity index (χ1) is 7.08. The highest BCUT2D eigenvalue weighted by molar-refractivity contribution is 5.93. The van der Waals surface area contributed by atoms with Crippen molar-refractivity contribution in [2.45, 2.75) is 13.8 Å². The Balaban J connectivity index is 3.05. The molecule has 0 atom stereocenters. The van der Waals surface area contributed by atoms with Crippen molar-refractivity contribution in [2.24, 2.45) is 0 Å². The van der Waals surface area contributed by atoms with Crippen LogP contribution in [-0.4, -0.2) is 24.7 Å². The van der Waals surface area contributed by atoms with Gasteiger partial charge >= 0.3 is 0 Å². The van der Waals surface area contributed by atoms with E-state index in [0.717, 1.165) is 11.1 Å². The number of benzene rings is 1. The molecule has 0 aliphatic carbocycles. The van der Waals surface area contributed by atoms with Gasteiger partial charge in [-0.2, -0.15) is 0 Å². The maximum atomic E-state index is 11.0. The summed E-state index contributed by atoms with van der Waals surface area (Å²) in [6.07, 6.45) is 0. The molecule has 0 aliphatic rings. The number of hydrogen-bond acceptors (Lipinski definition) is 3. The number of carbonyl (C=O) groups is 1. The van der Waals surface area contributed by atoms with E-state index in [1.807, 2.05) is 26.0 Å². The van der Waals surface area contributed by atoms with Crippen LogP contribution in [0.5, 0.6) is 5.75 Å². The van der Waals surface area contributed by atoms with Crippen LogP contribution in [-0.2, 0) is 4.79 Å². The Bertz CT molecular complexity index is 374. The van der Waals surface area contributed by atoms with Gasteiger partial charge in [0, 0.05) is 0 Å². The van der Waals surface area contributed by atoms with Gasteiger partial charge in [0.05, 0.1) is 12.8 Å². The van der Waals surface area contributed by atoms with Crippen molar-refractivity contribution < 1.29 is 14.6 Å². The van der Waals surface area contributed by atoms with E-state index >= 15 is 0 Å². The van der Waals surface area contributed by atoms with E-state index in [1.54, 1.807) is 7.11 Å². The lowest BCUT2D eigenvalue weighted by Crippen LogP contribution is -2.16. The van der Waals surface area contributed by atoms with Crippen LogP contribution in [0, 0.1) is 13.8 Å². The summed E-state index contributed by atoms with van der Waals surface area (Å²) in [6.45, 7) is 3.38. The van der Waals surface area contributed by atoms with Gasteiger partial charge in [0.2, 0.25) is 5.91 Å². The minimum atomic E-state index is -0.532. The van der Waals surface area contributed by atoms with Gasteiger partial charge in [0.25, 0.3) is 0 Å². The van der Waals surface area contributed by atoms with Crippen LogP contribution in [0.2, 0.25) is 0 Å². The van der Waals surface area contributed by atoms with Gasteiger partial charge < -0.3 is 15.2 Å². The molecule has 4 heteroatoms. The van der Waals surface area contributed by atoms with E-state index in [9.17, 15) is 4.79 Å². The molecule has 0 aromatic heterocycles. The van der Waals surface area contributed by atoms with Gasteiger partial charge in [0.15, 0.2) is 0 Å². The number of aliphatic hydroxyl groups is 1. The molecule has 1 aromatic rings. The lowest BCUT2D eigenvalue weighted by Gasteiger charge is -2.12. The van der Waals surface area contributed by atoms with Gasteiger partial charge in [-0.1, -0.05) is 0 Å². The molecule has 82 valence electrons. The molecule has 2 N–H and O–H groups in total. The van der Waals surface area contributed by atoms with Crippen LogP contribution in [0.15, 0.2) is 12.1 Å². The average Bonchev–Trinajstić information content (AvgIpc) is 2.22. The summed E-state index contributed by atoms with van der Waals surface area (Å²) in [6, 6.07) is 3.67. The number of methoxy groups -OCH3 is 1. The van der Waals surface area contributed by atoms with E-state index < -0.39 is 12.5 Å². The monoisotopic (exact) mass is 209 g/mol. The quantitative estimate of drug-likeness (QED) is 0.787. The van der Waals surface area contributed by atoms with Crippen LogP contribution in [0.1, 0.15) is 11.1 Å².